The Kier molecular flexibility index (Phi) is 3.03. The zero-order valence-electron chi connectivity index (χ0n) is 11.1. The Labute approximate surface area is 112 Å². The number of methoxy groups -OCH3 is 1. The lowest BCUT2D eigenvalue weighted by atomic mass is 10.0. The Hall–Kier alpha value is -2.17. The van der Waals surface area contributed by atoms with Crippen molar-refractivity contribution in [2.45, 2.75) is 18.8 Å². The normalized spacial score (nSPS) is 17.1. The van der Waals surface area contributed by atoms with Crippen molar-refractivity contribution in [3.05, 3.63) is 41.6 Å². The van der Waals surface area contributed by atoms with Crippen LogP contribution in [0.25, 0.3) is 0 Å². The number of hydrogen-bond donors (Lipinski definition) is 1. The molecule has 0 amide bonds. The largest absolute Gasteiger partial charge is 0.491 e. The van der Waals surface area contributed by atoms with Gasteiger partial charge in [-0.3, -0.25) is 4.98 Å². The van der Waals surface area contributed by atoms with E-state index in [2.05, 4.69) is 26.3 Å². The van der Waals surface area contributed by atoms with Crippen molar-refractivity contribution in [1.82, 2.24) is 15.0 Å². The molecule has 0 bridgehead atoms. The zero-order valence-corrected chi connectivity index (χ0v) is 11.1. The number of pyridine rings is 1. The number of nitrogens with one attached hydrogen (secondary N) is 1. The van der Waals surface area contributed by atoms with Gasteiger partial charge in [-0.25, -0.2) is 9.97 Å². The van der Waals surface area contributed by atoms with Crippen LogP contribution in [-0.2, 0) is 6.42 Å². The van der Waals surface area contributed by atoms with Gasteiger partial charge in [0.05, 0.1) is 18.5 Å². The van der Waals surface area contributed by atoms with E-state index in [1.54, 1.807) is 13.4 Å². The van der Waals surface area contributed by atoms with Crippen molar-refractivity contribution >= 4 is 5.82 Å². The molecule has 0 aromatic carbocycles. The van der Waals surface area contributed by atoms with Crippen LogP contribution < -0.4 is 10.1 Å². The first-order valence-corrected chi connectivity index (χ1v) is 6.35. The van der Waals surface area contributed by atoms with E-state index in [0.29, 0.717) is 5.75 Å². The second kappa shape index (κ2) is 4.84. The highest BCUT2D eigenvalue weighted by Gasteiger charge is 2.29. The molecule has 0 aliphatic heterocycles. The van der Waals surface area contributed by atoms with Crippen molar-refractivity contribution in [3.8, 4) is 5.75 Å². The van der Waals surface area contributed by atoms with Crippen LogP contribution in [0.3, 0.4) is 0 Å². The molecule has 1 N–H and O–H groups in total. The predicted molar refractivity (Wildman–Crippen MR) is 72.5 cm³/mol. The third-order valence-electron chi connectivity index (χ3n) is 3.56. The molecule has 2 aromatic heterocycles. The Morgan fingerprint density at radius 2 is 2.16 bits per heavy atom. The Morgan fingerprint density at radius 3 is 2.95 bits per heavy atom. The number of fused-ring (bicyclic) bond motifs is 1. The highest BCUT2D eigenvalue weighted by molar-refractivity contribution is 5.54. The summed E-state index contributed by atoms with van der Waals surface area (Å²) < 4.78 is 5.48. The molecule has 0 spiro atoms. The highest BCUT2D eigenvalue weighted by atomic mass is 16.5. The summed E-state index contributed by atoms with van der Waals surface area (Å²) in [4.78, 5) is 13.1. The van der Waals surface area contributed by atoms with Crippen molar-refractivity contribution in [2.75, 3.05) is 19.5 Å². The average Bonchev–Trinajstić information content (AvgIpc) is 2.90. The fraction of sp³-hybridized carbons (Fsp3) is 0.357. The maximum Gasteiger partial charge on any atom is 0.183 e. The molecule has 0 saturated carbocycles. The van der Waals surface area contributed by atoms with Crippen LogP contribution in [0.1, 0.15) is 29.3 Å². The molecule has 0 fully saturated rings. The van der Waals surface area contributed by atoms with E-state index >= 15 is 0 Å². The summed E-state index contributed by atoms with van der Waals surface area (Å²) >= 11 is 0. The fourth-order valence-corrected chi connectivity index (χ4v) is 2.69. The van der Waals surface area contributed by atoms with Crippen LogP contribution in [0.15, 0.2) is 24.7 Å². The van der Waals surface area contributed by atoms with E-state index in [4.69, 9.17) is 4.74 Å². The minimum absolute atomic E-state index is 0.196. The average molecular weight is 256 g/mol. The van der Waals surface area contributed by atoms with Gasteiger partial charge in [0.15, 0.2) is 11.6 Å². The molecule has 3 rings (SSSR count). The van der Waals surface area contributed by atoms with Gasteiger partial charge in [0, 0.05) is 19.2 Å². The summed E-state index contributed by atoms with van der Waals surface area (Å²) in [6.45, 7) is 0. The van der Waals surface area contributed by atoms with E-state index in [1.807, 2.05) is 19.3 Å². The first-order valence-electron chi connectivity index (χ1n) is 6.35. The summed E-state index contributed by atoms with van der Waals surface area (Å²) in [6, 6.07) is 4.12. The molecule has 2 heterocycles. The van der Waals surface area contributed by atoms with E-state index in [0.717, 1.165) is 30.0 Å². The molecule has 1 aliphatic carbocycles. The third-order valence-corrected chi connectivity index (χ3v) is 3.56. The molecule has 1 aliphatic rings. The van der Waals surface area contributed by atoms with Gasteiger partial charge in [0.25, 0.3) is 0 Å². The van der Waals surface area contributed by atoms with Gasteiger partial charge in [0.2, 0.25) is 0 Å². The van der Waals surface area contributed by atoms with Crippen molar-refractivity contribution in [2.24, 2.45) is 0 Å². The SMILES string of the molecule is CNc1ncnc(C2CCc3cccnc32)c1OC. The fourth-order valence-electron chi connectivity index (χ4n) is 2.69. The second-order valence-electron chi connectivity index (χ2n) is 4.53. The molecule has 19 heavy (non-hydrogen) atoms. The smallest absolute Gasteiger partial charge is 0.183 e. The lowest BCUT2D eigenvalue weighted by Crippen LogP contribution is -2.07. The number of anilines is 1. The van der Waals surface area contributed by atoms with Gasteiger partial charge in [-0.05, 0) is 24.5 Å². The summed E-state index contributed by atoms with van der Waals surface area (Å²) in [5.74, 6) is 1.63. The van der Waals surface area contributed by atoms with Crippen LogP contribution in [-0.4, -0.2) is 29.1 Å². The topological polar surface area (TPSA) is 59.9 Å². The molecule has 5 heteroatoms. The minimum atomic E-state index is 0.196. The number of hydrogen-bond acceptors (Lipinski definition) is 5. The van der Waals surface area contributed by atoms with Gasteiger partial charge in [-0.1, -0.05) is 6.07 Å². The molecule has 0 saturated heterocycles. The van der Waals surface area contributed by atoms with E-state index in [9.17, 15) is 0 Å². The molecule has 98 valence electrons. The Balaban J connectivity index is 2.09. The van der Waals surface area contributed by atoms with E-state index in [-0.39, 0.29) is 5.92 Å². The summed E-state index contributed by atoms with van der Waals surface area (Å²) in [7, 11) is 3.48. The highest BCUT2D eigenvalue weighted by Crippen LogP contribution is 2.40. The number of aromatic nitrogens is 3. The Bertz CT molecular complexity index is 600. The molecular formula is C14H16N4O. The number of ether oxygens (including phenoxy) is 1. The molecule has 0 radical (unpaired) electrons. The third kappa shape index (κ3) is 1.91. The number of rotatable bonds is 3. The number of aryl methyl sites for hydroxylation is 1. The first kappa shape index (κ1) is 11.9. The minimum Gasteiger partial charge on any atom is -0.491 e. The quantitative estimate of drug-likeness (QED) is 0.910. The predicted octanol–water partition coefficient (Wildman–Crippen LogP) is 2.00. The van der Waals surface area contributed by atoms with Crippen LogP contribution >= 0.6 is 0 Å². The molecule has 1 unspecified atom stereocenters. The summed E-state index contributed by atoms with van der Waals surface area (Å²) in [5.41, 5.74) is 3.33. The molecular weight excluding hydrogens is 240 g/mol. The van der Waals surface area contributed by atoms with Gasteiger partial charge < -0.3 is 10.1 Å². The van der Waals surface area contributed by atoms with Gasteiger partial charge in [-0.15, -0.1) is 0 Å². The molecule has 1 atom stereocenters. The standard InChI is InChI=1S/C14H16N4O/c1-15-14-13(19-2)12(17-8-18-14)10-6-5-9-4-3-7-16-11(9)10/h3-4,7-8,10H,5-6H2,1-2H3,(H,15,17,18). The van der Waals surface area contributed by atoms with Crippen LogP contribution in [0.4, 0.5) is 5.82 Å². The van der Waals surface area contributed by atoms with Crippen LogP contribution in [0, 0.1) is 0 Å². The van der Waals surface area contributed by atoms with Crippen molar-refractivity contribution in [1.29, 1.82) is 0 Å². The maximum absolute atomic E-state index is 5.48. The summed E-state index contributed by atoms with van der Waals surface area (Å²) in [6.07, 6.45) is 5.47. The molecule has 5 nitrogen and oxygen atoms in total. The van der Waals surface area contributed by atoms with Gasteiger partial charge >= 0.3 is 0 Å². The van der Waals surface area contributed by atoms with Crippen molar-refractivity contribution < 1.29 is 4.74 Å². The summed E-state index contributed by atoms with van der Waals surface area (Å²) in [5, 5.41) is 3.04. The van der Waals surface area contributed by atoms with Crippen LogP contribution in [0.5, 0.6) is 5.75 Å². The van der Waals surface area contributed by atoms with E-state index < -0.39 is 0 Å². The first-order chi connectivity index (χ1) is 9.35. The Morgan fingerprint density at radius 1 is 1.26 bits per heavy atom. The van der Waals surface area contributed by atoms with Gasteiger partial charge in [0.1, 0.15) is 6.33 Å². The van der Waals surface area contributed by atoms with Crippen LogP contribution in [0.2, 0.25) is 0 Å². The monoisotopic (exact) mass is 256 g/mol. The zero-order chi connectivity index (χ0) is 13.2. The van der Waals surface area contributed by atoms with Crippen molar-refractivity contribution in [3.63, 3.8) is 0 Å². The van der Waals surface area contributed by atoms with E-state index in [1.165, 1.54) is 5.56 Å². The lowest BCUT2D eigenvalue weighted by molar-refractivity contribution is 0.403. The lowest BCUT2D eigenvalue weighted by Gasteiger charge is -2.15. The number of nitrogens with zero attached hydrogens (tertiary/aromatic N) is 3. The maximum atomic E-state index is 5.48. The second-order valence-corrected chi connectivity index (χ2v) is 4.53. The van der Waals surface area contributed by atoms with Gasteiger partial charge in [-0.2, -0.15) is 0 Å². The molecule has 2 aromatic rings.